The molecule has 0 aliphatic carbocycles. The average Bonchev–Trinajstić information content (AvgIpc) is 2.40. The molecule has 0 unspecified atom stereocenters. The van der Waals surface area contributed by atoms with Crippen LogP contribution in [0, 0.1) is 0 Å². The zero-order valence-electron chi connectivity index (χ0n) is 5.38. The molecule has 0 aliphatic heterocycles. The molecule has 2 amide bonds. The van der Waals surface area contributed by atoms with Gasteiger partial charge < -0.3 is 5.32 Å². The minimum absolute atomic E-state index is 0.311. The minimum Gasteiger partial charge on any atom is -0.341 e. The lowest BCUT2D eigenvalue weighted by Crippen LogP contribution is -2.24. The fourth-order valence-corrected chi connectivity index (χ4v) is 0.441. The van der Waals surface area contributed by atoms with Gasteiger partial charge >= 0.3 is 6.03 Å². The van der Waals surface area contributed by atoms with Crippen molar-refractivity contribution in [3.63, 3.8) is 0 Å². The van der Waals surface area contributed by atoms with Crippen LogP contribution in [0.5, 0.6) is 0 Å². The van der Waals surface area contributed by atoms with Crippen LogP contribution < -0.4 is 10.6 Å². The number of aromatic nitrogens is 3. The van der Waals surface area contributed by atoms with Gasteiger partial charge in [0.2, 0.25) is 0 Å². The zero-order valence-corrected chi connectivity index (χ0v) is 5.38. The third kappa shape index (κ3) is 1.44. The summed E-state index contributed by atoms with van der Waals surface area (Å²) in [5, 5.41) is 14.2. The van der Waals surface area contributed by atoms with Crippen molar-refractivity contribution in [2.24, 2.45) is 0 Å². The smallest absolute Gasteiger partial charge is 0.320 e. The topological polar surface area (TPSA) is 82.7 Å². The third-order valence-corrected chi connectivity index (χ3v) is 0.884. The molecule has 0 spiro atoms. The number of hydrogen-bond acceptors (Lipinski definition) is 3. The van der Waals surface area contributed by atoms with Crippen LogP contribution in [0.2, 0.25) is 0 Å². The lowest BCUT2D eigenvalue weighted by molar-refractivity contribution is 0.254. The molecular formula is C4H7N5O. The van der Waals surface area contributed by atoms with Gasteiger partial charge in [-0.3, -0.25) is 5.32 Å². The Kier molecular flexibility index (Phi) is 1.83. The molecule has 1 aromatic rings. The van der Waals surface area contributed by atoms with Gasteiger partial charge in [-0.1, -0.05) is 0 Å². The number of nitrogens with one attached hydrogen (secondary N) is 3. The Bertz CT molecular complexity index is 205. The van der Waals surface area contributed by atoms with E-state index in [1.54, 1.807) is 0 Å². The predicted octanol–water partition coefficient (Wildman–Crippen LogP) is -0.444. The molecule has 1 heterocycles. The highest BCUT2D eigenvalue weighted by atomic mass is 16.2. The van der Waals surface area contributed by atoms with Gasteiger partial charge in [0.25, 0.3) is 0 Å². The van der Waals surface area contributed by atoms with E-state index in [1.807, 2.05) is 0 Å². The second-order valence-corrected chi connectivity index (χ2v) is 1.56. The van der Waals surface area contributed by atoms with Gasteiger partial charge in [0.1, 0.15) is 0 Å². The number of carbonyl (C=O) groups excluding carboxylic acids is 1. The zero-order chi connectivity index (χ0) is 7.40. The summed E-state index contributed by atoms with van der Waals surface area (Å²) in [7, 11) is 1.52. The molecule has 1 aromatic heterocycles. The summed E-state index contributed by atoms with van der Waals surface area (Å²) in [5.41, 5.74) is 0. The molecule has 10 heavy (non-hydrogen) atoms. The minimum atomic E-state index is -0.311. The average molecular weight is 141 g/mol. The van der Waals surface area contributed by atoms with Crippen LogP contribution in [-0.4, -0.2) is 28.5 Å². The van der Waals surface area contributed by atoms with Crippen molar-refractivity contribution in [1.29, 1.82) is 0 Å². The van der Waals surface area contributed by atoms with Crippen molar-refractivity contribution in [1.82, 2.24) is 20.7 Å². The van der Waals surface area contributed by atoms with E-state index in [2.05, 4.69) is 26.0 Å². The molecule has 6 nitrogen and oxygen atoms in total. The van der Waals surface area contributed by atoms with Gasteiger partial charge in [0, 0.05) is 7.05 Å². The quantitative estimate of drug-likeness (QED) is 0.495. The SMILES string of the molecule is CNC(=O)Nc1cn[nH]n1. The highest BCUT2D eigenvalue weighted by Crippen LogP contribution is 1.93. The fraction of sp³-hybridized carbons (Fsp3) is 0.250. The summed E-state index contributed by atoms with van der Waals surface area (Å²) in [6.45, 7) is 0. The first kappa shape index (κ1) is 6.53. The lowest BCUT2D eigenvalue weighted by Gasteiger charge is -1.96. The van der Waals surface area contributed by atoms with Crippen molar-refractivity contribution in [3.05, 3.63) is 6.20 Å². The Morgan fingerprint density at radius 3 is 3.10 bits per heavy atom. The number of amides is 2. The van der Waals surface area contributed by atoms with Gasteiger partial charge in [-0.05, 0) is 0 Å². The molecule has 0 bridgehead atoms. The summed E-state index contributed by atoms with van der Waals surface area (Å²) in [6, 6.07) is -0.311. The number of anilines is 1. The molecular weight excluding hydrogens is 134 g/mol. The third-order valence-electron chi connectivity index (χ3n) is 0.884. The van der Waals surface area contributed by atoms with Crippen LogP contribution >= 0.6 is 0 Å². The van der Waals surface area contributed by atoms with E-state index < -0.39 is 0 Å². The highest BCUT2D eigenvalue weighted by molar-refractivity contribution is 5.87. The lowest BCUT2D eigenvalue weighted by atomic mass is 10.7. The molecule has 0 saturated heterocycles. The standard InChI is InChI=1S/C4H7N5O/c1-5-4(10)7-3-2-6-9-8-3/h2H,1H3,(H3,5,6,7,8,9,10). The van der Waals surface area contributed by atoms with E-state index in [9.17, 15) is 4.79 Å². The van der Waals surface area contributed by atoms with E-state index in [1.165, 1.54) is 13.2 Å². The number of urea groups is 1. The molecule has 0 atom stereocenters. The van der Waals surface area contributed by atoms with E-state index in [0.29, 0.717) is 5.82 Å². The monoisotopic (exact) mass is 141 g/mol. The number of carbonyl (C=O) groups is 1. The maximum Gasteiger partial charge on any atom is 0.320 e. The Labute approximate surface area is 57.0 Å². The molecule has 0 radical (unpaired) electrons. The van der Waals surface area contributed by atoms with Gasteiger partial charge in [-0.2, -0.15) is 10.3 Å². The largest absolute Gasteiger partial charge is 0.341 e. The second kappa shape index (κ2) is 2.81. The van der Waals surface area contributed by atoms with E-state index in [-0.39, 0.29) is 6.03 Å². The first-order chi connectivity index (χ1) is 4.83. The Morgan fingerprint density at radius 2 is 2.60 bits per heavy atom. The van der Waals surface area contributed by atoms with Crippen LogP contribution in [0.1, 0.15) is 0 Å². The molecule has 54 valence electrons. The van der Waals surface area contributed by atoms with Gasteiger partial charge in [0.05, 0.1) is 6.20 Å². The molecule has 0 saturated carbocycles. The Morgan fingerprint density at radius 1 is 1.80 bits per heavy atom. The summed E-state index contributed by atoms with van der Waals surface area (Å²) in [5.74, 6) is 0.402. The second-order valence-electron chi connectivity index (χ2n) is 1.56. The van der Waals surface area contributed by atoms with Gasteiger partial charge in [0.15, 0.2) is 5.82 Å². The summed E-state index contributed by atoms with van der Waals surface area (Å²) in [6.07, 6.45) is 1.41. The maximum absolute atomic E-state index is 10.6. The van der Waals surface area contributed by atoms with Crippen molar-refractivity contribution in [2.45, 2.75) is 0 Å². The summed E-state index contributed by atoms with van der Waals surface area (Å²) in [4.78, 5) is 10.6. The van der Waals surface area contributed by atoms with Gasteiger partial charge in [-0.15, -0.1) is 5.10 Å². The van der Waals surface area contributed by atoms with Crippen molar-refractivity contribution < 1.29 is 4.79 Å². The first-order valence-corrected chi connectivity index (χ1v) is 2.67. The Hall–Kier alpha value is -1.59. The number of aromatic amines is 1. The molecule has 6 heteroatoms. The number of H-pyrrole nitrogens is 1. The normalized spacial score (nSPS) is 8.90. The number of hydrogen-bond donors (Lipinski definition) is 3. The van der Waals surface area contributed by atoms with Crippen molar-refractivity contribution in [2.75, 3.05) is 12.4 Å². The predicted molar refractivity (Wildman–Crippen MR) is 34.5 cm³/mol. The highest BCUT2D eigenvalue weighted by Gasteiger charge is 1.98. The molecule has 1 rings (SSSR count). The van der Waals surface area contributed by atoms with Crippen LogP contribution in [0.15, 0.2) is 6.20 Å². The fourth-order valence-electron chi connectivity index (χ4n) is 0.441. The van der Waals surface area contributed by atoms with E-state index in [0.717, 1.165) is 0 Å². The van der Waals surface area contributed by atoms with Crippen LogP contribution in [0.4, 0.5) is 10.6 Å². The Balaban J connectivity index is 2.48. The number of nitrogens with zero attached hydrogens (tertiary/aromatic N) is 2. The summed E-state index contributed by atoms with van der Waals surface area (Å²) < 4.78 is 0. The molecule has 0 aromatic carbocycles. The van der Waals surface area contributed by atoms with Gasteiger partial charge in [-0.25, -0.2) is 4.79 Å². The molecule has 3 N–H and O–H groups in total. The van der Waals surface area contributed by atoms with Crippen molar-refractivity contribution in [3.8, 4) is 0 Å². The van der Waals surface area contributed by atoms with Crippen LogP contribution in [-0.2, 0) is 0 Å². The summed E-state index contributed by atoms with van der Waals surface area (Å²) >= 11 is 0. The van der Waals surface area contributed by atoms with Crippen LogP contribution in [0.25, 0.3) is 0 Å². The van der Waals surface area contributed by atoms with E-state index in [4.69, 9.17) is 0 Å². The van der Waals surface area contributed by atoms with E-state index >= 15 is 0 Å². The maximum atomic E-state index is 10.6. The number of rotatable bonds is 1. The van der Waals surface area contributed by atoms with Crippen molar-refractivity contribution >= 4 is 11.8 Å². The molecule has 0 fully saturated rings. The molecule has 0 aliphatic rings. The van der Waals surface area contributed by atoms with Crippen LogP contribution in [0.3, 0.4) is 0 Å². The first-order valence-electron chi connectivity index (χ1n) is 2.67.